The van der Waals surface area contributed by atoms with Gasteiger partial charge < -0.3 is 15.5 Å². The van der Waals surface area contributed by atoms with Crippen LogP contribution in [0, 0.1) is 11.7 Å². The van der Waals surface area contributed by atoms with Crippen molar-refractivity contribution in [3.8, 4) is 0 Å². The Morgan fingerprint density at radius 1 is 1.09 bits per heavy atom. The third-order valence-corrected chi connectivity index (χ3v) is 5.60. The van der Waals surface area contributed by atoms with Crippen molar-refractivity contribution >= 4 is 23.4 Å². The Bertz CT molecular complexity index is 1140. The molecule has 10 heteroatoms. The lowest BCUT2D eigenvalue weighted by Crippen LogP contribution is -2.43. The SMILES string of the molecule is O=C(NCc1ccc(C(F)(F)F)cc1)C1CCCN(c2nccc(Nc3ccccc3F)n2)C1. The van der Waals surface area contributed by atoms with Gasteiger partial charge in [-0.2, -0.15) is 18.2 Å². The van der Waals surface area contributed by atoms with Crippen LogP contribution in [0.3, 0.4) is 0 Å². The minimum atomic E-state index is -4.39. The number of nitrogens with zero attached hydrogens (tertiary/aromatic N) is 3. The van der Waals surface area contributed by atoms with Gasteiger partial charge in [0.2, 0.25) is 11.9 Å². The lowest BCUT2D eigenvalue weighted by atomic mass is 9.97. The molecule has 1 saturated heterocycles. The van der Waals surface area contributed by atoms with E-state index in [-0.39, 0.29) is 18.4 Å². The predicted octanol–water partition coefficient (Wildman–Crippen LogP) is 4.91. The Labute approximate surface area is 194 Å². The fraction of sp³-hybridized carbons (Fsp3) is 0.292. The number of carbonyl (C=O) groups is 1. The number of carbonyl (C=O) groups excluding carboxylic acids is 1. The molecule has 1 aliphatic heterocycles. The maximum absolute atomic E-state index is 13.9. The number of nitrogens with one attached hydrogen (secondary N) is 2. The molecule has 2 N–H and O–H groups in total. The molecule has 1 aliphatic rings. The molecule has 34 heavy (non-hydrogen) atoms. The molecule has 3 aromatic rings. The molecule has 2 aromatic carbocycles. The number of aromatic nitrogens is 2. The molecule has 1 unspecified atom stereocenters. The first kappa shape index (κ1) is 23.5. The number of para-hydroxylation sites is 1. The summed E-state index contributed by atoms with van der Waals surface area (Å²) in [5.41, 5.74) is 0.160. The van der Waals surface area contributed by atoms with Crippen LogP contribution >= 0.6 is 0 Å². The van der Waals surface area contributed by atoms with Crippen molar-refractivity contribution in [1.29, 1.82) is 0 Å². The second kappa shape index (κ2) is 10.1. The number of alkyl halides is 3. The number of piperidine rings is 1. The number of rotatable bonds is 6. The van der Waals surface area contributed by atoms with Crippen LogP contribution in [0.15, 0.2) is 60.8 Å². The zero-order chi connectivity index (χ0) is 24.1. The molecular weight excluding hydrogens is 450 g/mol. The number of hydrogen-bond donors (Lipinski definition) is 2. The van der Waals surface area contributed by atoms with E-state index in [1.54, 1.807) is 30.5 Å². The van der Waals surface area contributed by atoms with Crippen LogP contribution in [0.2, 0.25) is 0 Å². The van der Waals surface area contributed by atoms with Gasteiger partial charge in [0.1, 0.15) is 11.6 Å². The van der Waals surface area contributed by atoms with E-state index in [0.29, 0.717) is 42.5 Å². The predicted molar refractivity (Wildman–Crippen MR) is 120 cm³/mol. The minimum absolute atomic E-state index is 0.145. The summed E-state index contributed by atoms with van der Waals surface area (Å²) >= 11 is 0. The molecule has 0 bridgehead atoms. The van der Waals surface area contributed by atoms with Crippen molar-refractivity contribution < 1.29 is 22.4 Å². The fourth-order valence-electron chi connectivity index (χ4n) is 3.79. The van der Waals surface area contributed by atoms with Crippen molar-refractivity contribution in [3.05, 3.63) is 77.7 Å². The molecule has 0 saturated carbocycles. The first-order valence-corrected chi connectivity index (χ1v) is 10.8. The van der Waals surface area contributed by atoms with E-state index < -0.39 is 17.6 Å². The van der Waals surface area contributed by atoms with Gasteiger partial charge in [0, 0.05) is 25.8 Å². The van der Waals surface area contributed by atoms with Crippen LogP contribution in [0.25, 0.3) is 0 Å². The van der Waals surface area contributed by atoms with Crippen molar-refractivity contribution in [2.75, 3.05) is 23.3 Å². The highest BCUT2D eigenvalue weighted by molar-refractivity contribution is 5.79. The number of amides is 1. The van der Waals surface area contributed by atoms with Gasteiger partial charge in [-0.1, -0.05) is 24.3 Å². The third-order valence-electron chi connectivity index (χ3n) is 5.60. The number of hydrogen-bond acceptors (Lipinski definition) is 5. The second-order valence-electron chi connectivity index (χ2n) is 8.04. The molecule has 178 valence electrons. The number of anilines is 3. The number of halogens is 4. The van der Waals surface area contributed by atoms with E-state index in [0.717, 1.165) is 18.6 Å². The third kappa shape index (κ3) is 5.81. The summed E-state index contributed by atoms with van der Waals surface area (Å²) in [6, 6.07) is 12.6. The van der Waals surface area contributed by atoms with Crippen LogP contribution in [0.1, 0.15) is 24.0 Å². The Hall–Kier alpha value is -3.69. The second-order valence-corrected chi connectivity index (χ2v) is 8.04. The zero-order valence-electron chi connectivity index (χ0n) is 18.1. The summed E-state index contributed by atoms with van der Waals surface area (Å²) in [6.07, 6.45) is -1.38. The smallest absolute Gasteiger partial charge is 0.352 e. The van der Waals surface area contributed by atoms with Crippen LogP contribution in [0.5, 0.6) is 0 Å². The van der Waals surface area contributed by atoms with Crippen LogP contribution < -0.4 is 15.5 Å². The molecule has 2 heterocycles. The zero-order valence-corrected chi connectivity index (χ0v) is 18.1. The van der Waals surface area contributed by atoms with Gasteiger partial charge >= 0.3 is 6.18 Å². The fourth-order valence-corrected chi connectivity index (χ4v) is 3.79. The largest absolute Gasteiger partial charge is 0.416 e. The van der Waals surface area contributed by atoms with E-state index in [1.807, 2.05) is 4.90 Å². The van der Waals surface area contributed by atoms with Crippen LogP contribution in [0.4, 0.5) is 35.0 Å². The molecule has 6 nitrogen and oxygen atoms in total. The topological polar surface area (TPSA) is 70.2 Å². The van der Waals surface area contributed by atoms with Crippen molar-refractivity contribution in [1.82, 2.24) is 15.3 Å². The van der Waals surface area contributed by atoms with Crippen LogP contribution in [-0.2, 0) is 17.5 Å². The first-order valence-electron chi connectivity index (χ1n) is 10.8. The molecule has 4 rings (SSSR count). The van der Waals surface area contributed by atoms with E-state index in [1.165, 1.54) is 18.2 Å². The molecule has 0 radical (unpaired) electrons. The highest BCUT2D eigenvalue weighted by atomic mass is 19.4. The van der Waals surface area contributed by atoms with E-state index >= 15 is 0 Å². The van der Waals surface area contributed by atoms with E-state index in [4.69, 9.17) is 0 Å². The Morgan fingerprint density at radius 3 is 2.59 bits per heavy atom. The average Bonchev–Trinajstić information content (AvgIpc) is 2.84. The van der Waals surface area contributed by atoms with Crippen molar-refractivity contribution in [2.24, 2.45) is 5.92 Å². The maximum Gasteiger partial charge on any atom is 0.416 e. The van der Waals surface area contributed by atoms with Gasteiger partial charge in [-0.05, 0) is 48.7 Å². The summed E-state index contributed by atoms with van der Waals surface area (Å²) in [4.78, 5) is 23.4. The Kier molecular flexibility index (Phi) is 6.95. The van der Waals surface area contributed by atoms with Gasteiger partial charge in [0.05, 0.1) is 17.2 Å². The highest BCUT2D eigenvalue weighted by Crippen LogP contribution is 2.29. The van der Waals surface area contributed by atoms with E-state index in [2.05, 4.69) is 20.6 Å². The van der Waals surface area contributed by atoms with Gasteiger partial charge in [0.15, 0.2) is 0 Å². The molecule has 1 aromatic heterocycles. The molecule has 0 spiro atoms. The Balaban J connectivity index is 1.35. The van der Waals surface area contributed by atoms with Gasteiger partial charge in [-0.25, -0.2) is 9.37 Å². The molecule has 1 atom stereocenters. The van der Waals surface area contributed by atoms with Gasteiger partial charge in [0.25, 0.3) is 0 Å². The molecule has 1 fully saturated rings. The van der Waals surface area contributed by atoms with Crippen molar-refractivity contribution in [2.45, 2.75) is 25.6 Å². The quantitative estimate of drug-likeness (QED) is 0.498. The number of benzene rings is 2. The Morgan fingerprint density at radius 2 is 1.85 bits per heavy atom. The minimum Gasteiger partial charge on any atom is -0.352 e. The summed E-state index contributed by atoms with van der Waals surface area (Å²) < 4.78 is 52.0. The monoisotopic (exact) mass is 473 g/mol. The lowest BCUT2D eigenvalue weighted by Gasteiger charge is -2.32. The average molecular weight is 473 g/mol. The highest BCUT2D eigenvalue weighted by Gasteiger charge is 2.30. The van der Waals surface area contributed by atoms with Crippen molar-refractivity contribution in [3.63, 3.8) is 0 Å². The summed E-state index contributed by atoms with van der Waals surface area (Å²) in [5, 5.41) is 5.74. The van der Waals surface area contributed by atoms with Crippen LogP contribution in [-0.4, -0.2) is 29.0 Å². The summed E-state index contributed by atoms with van der Waals surface area (Å²) in [7, 11) is 0. The molecule has 1 amide bonds. The summed E-state index contributed by atoms with van der Waals surface area (Å²) in [6.45, 7) is 1.22. The lowest BCUT2D eigenvalue weighted by molar-refractivity contribution is -0.137. The maximum atomic E-state index is 13.9. The standard InChI is InChI=1S/C24H23F4N5O/c25-19-5-1-2-6-20(19)31-21-11-12-29-23(32-21)33-13-3-4-17(15-33)22(34)30-14-16-7-9-18(10-8-16)24(26,27)28/h1-2,5-12,17H,3-4,13-15H2,(H,30,34)(H,29,31,32). The normalized spacial score (nSPS) is 16.2. The molecule has 0 aliphatic carbocycles. The molecular formula is C24H23F4N5O. The first-order chi connectivity index (χ1) is 16.3. The summed E-state index contributed by atoms with van der Waals surface area (Å²) in [5.74, 6) is -0.0174. The van der Waals surface area contributed by atoms with Gasteiger partial charge in [-0.3, -0.25) is 4.79 Å². The van der Waals surface area contributed by atoms with Gasteiger partial charge in [-0.15, -0.1) is 0 Å². The van der Waals surface area contributed by atoms with E-state index in [9.17, 15) is 22.4 Å².